The smallest absolute Gasteiger partial charge is 0.272 e. The quantitative estimate of drug-likeness (QED) is 0.258. The van der Waals surface area contributed by atoms with E-state index in [1.807, 2.05) is 5.43 Å². The molecule has 2 heterocycles. The molecule has 0 fully saturated rings. The lowest BCUT2D eigenvalue weighted by Crippen LogP contribution is -2.31. The molecule has 0 radical (unpaired) electrons. The minimum Gasteiger partial charge on any atom is -0.326 e. The number of hydrogen-bond acceptors (Lipinski definition) is 6. The van der Waals surface area contributed by atoms with Gasteiger partial charge in [-0.1, -0.05) is 11.6 Å². The number of nitrogens with one attached hydrogen (secondary N) is 2. The molecule has 0 aliphatic carbocycles. The van der Waals surface area contributed by atoms with Crippen molar-refractivity contribution in [2.45, 2.75) is 6.54 Å². The Hall–Kier alpha value is -2.79. The van der Waals surface area contributed by atoms with Crippen molar-refractivity contribution in [2.24, 2.45) is 11.6 Å². The van der Waals surface area contributed by atoms with Crippen LogP contribution in [0, 0.1) is 0 Å². The summed E-state index contributed by atoms with van der Waals surface area (Å²) in [6.45, 7) is 0.0491. The monoisotopic (exact) mass is 463 g/mol. The van der Waals surface area contributed by atoms with E-state index in [0.717, 1.165) is 0 Å². The summed E-state index contributed by atoms with van der Waals surface area (Å²) in [5.41, 5.74) is 8.84. The highest BCUT2D eigenvalue weighted by atomic mass is 79.9. The normalized spacial score (nSPS) is 10.6. The Kier molecular flexibility index (Phi) is 6.05. The first-order valence-corrected chi connectivity index (χ1v) is 9.12. The molecule has 0 unspecified atom stereocenters. The summed E-state index contributed by atoms with van der Waals surface area (Å²) in [4.78, 5) is 33.5. The number of anilines is 1. The van der Waals surface area contributed by atoms with Gasteiger partial charge < -0.3 is 11.1 Å². The fraction of sp³-hybridized carbons (Fsp3) is 0.0588. The third-order valence-electron chi connectivity index (χ3n) is 3.84. The van der Waals surface area contributed by atoms with E-state index in [1.165, 1.54) is 10.6 Å². The number of amides is 2. The van der Waals surface area contributed by atoms with Crippen LogP contribution in [-0.2, 0) is 6.54 Å². The van der Waals surface area contributed by atoms with Crippen molar-refractivity contribution in [1.82, 2.24) is 20.0 Å². The Morgan fingerprint density at radius 2 is 1.89 bits per heavy atom. The Balaban J connectivity index is 2.05. The van der Waals surface area contributed by atoms with E-state index in [2.05, 4.69) is 31.2 Å². The minimum absolute atomic E-state index is 0.0491. The van der Waals surface area contributed by atoms with Crippen LogP contribution >= 0.6 is 27.5 Å². The van der Waals surface area contributed by atoms with Crippen LogP contribution in [0.3, 0.4) is 0 Å². The Bertz CT molecular complexity index is 1040. The molecule has 9 nitrogen and oxygen atoms in total. The van der Waals surface area contributed by atoms with Gasteiger partial charge in [-0.25, -0.2) is 15.8 Å². The average Bonchev–Trinajstić information content (AvgIpc) is 3.10. The van der Waals surface area contributed by atoms with Crippen molar-refractivity contribution in [2.75, 3.05) is 5.32 Å². The number of nitrogens with zero attached hydrogens (tertiary/aromatic N) is 3. The van der Waals surface area contributed by atoms with E-state index in [1.54, 1.807) is 36.7 Å². The highest BCUT2D eigenvalue weighted by molar-refractivity contribution is 9.10. The van der Waals surface area contributed by atoms with Crippen LogP contribution in [0.2, 0.25) is 5.02 Å². The predicted molar refractivity (Wildman–Crippen MR) is 108 cm³/mol. The molecule has 0 saturated carbocycles. The van der Waals surface area contributed by atoms with Gasteiger partial charge >= 0.3 is 0 Å². The lowest BCUT2D eigenvalue weighted by molar-refractivity contribution is 0.0954. The first-order chi connectivity index (χ1) is 13.5. The fourth-order valence-electron chi connectivity index (χ4n) is 2.61. The molecule has 1 aromatic carbocycles. The number of aromatic nitrogens is 3. The van der Waals surface area contributed by atoms with Gasteiger partial charge in [-0.05, 0) is 51.8 Å². The van der Waals surface area contributed by atoms with E-state index in [4.69, 9.17) is 23.2 Å². The van der Waals surface area contributed by atoms with E-state index < -0.39 is 11.8 Å². The van der Waals surface area contributed by atoms with Crippen LogP contribution in [0.25, 0.3) is 5.95 Å². The second kappa shape index (κ2) is 8.48. The lowest BCUT2D eigenvalue weighted by Gasteiger charge is -2.16. The lowest BCUT2D eigenvalue weighted by atomic mass is 10.1. The molecule has 0 aliphatic rings. The van der Waals surface area contributed by atoms with Gasteiger partial charge in [0, 0.05) is 24.0 Å². The number of carbonyl (C=O) groups excluding carboxylic acids is 2. The Labute approximate surface area is 173 Å². The van der Waals surface area contributed by atoms with E-state index in [0.29, 0.717) is 21.1 Å². The van der Waals surface area contributed by atoms with Crippen molar-refractivity contribution < 1.29 is 9.59 Å². The predicted octanol–water partition coefficient (Wildman–Crippen LogP) is 2.00. The minimum atomic E-state index is -0.615. The number of carbonyl (C=O) groups is 2. The number of nitrogens with two attached hydrogens (primary N) is 2. The Morgan fingerprint density at radius 3 is 2.54 bits per heavy atom. The van der Waals surface area contributed by atoms with Gasteiger partial charge in [0.05, 0.1) is 15.9 Å². The number of nitrogen functional groups attached to an aromatic ring is 1. The standard InChI is InChI=1S/C17H15BrClN7O2/c18-13-3-2-12(26(13)17-22-4-1-5-23-17)16(28)24-14-9(8-20)6-10(19)7-11(14)15(27)25-21/h1-7H,8,20-21H2,(H,24,28)(H,25,27). The molecule has 0 spiro atoms. The van der Waals surface area contributed by atoms with Crippen LogP contribution in [0.4, 0.5) is 5.69 Å². The molecule has 0 saturated heterocycles. The molecule has 28 heavy (non-hydrogen) atoms. The second-order valence-electron chi connectivity index (χ2n) is 5.54. The van der Waals surface area contributed by atoms with E-state index >= 15 is 0 Å². The van der Waals surface area contributed by atoms with Crippen molar-refractivity contribution in [1.29, 1.82) is 0 Å². The highest BCUT2D eigenvalue weighted by Gasteiger charge is 2.22. The first kappa shape index (κ1) is 20.0. The van der Waals surface area contributed by atoms with Crippen molar-refractivity contribution in [3.8, 4) is 5.95 Å². The van der Waals surface area contributed by atoms with Gasteiger partial charge in [-0.15, -0.1) is 0 Å². The molecule has 3 aromatic rings. The summed E-state index contributed by atoms with van der Waals surface area (Å²) in [5.74, 6) is 4.44. The van der Waals surface area contributed by atoms with Gasteiger partial charge in [-0.3, -0.25) is 19.6 Å². The molecule has 0 atom stereocenters. The number of rotatable bonds is 5. The highest BCUT2D eigenvalue weighted by Crippen LogP contribution is 2.27. The average molecular weight is 465 g/mol. The summed E-state index contributed by atoms with van der Waals surface area (Å²) in [7, 11) is 0. The van der Waals surface area contributed by atoms with Crippen LogP contribution in [-0.4, -0.2) is 26.3 Å². The molecular formula is C17H15BrClN7O2. The number of hydrogen-bond donors (Lipinski definition) is 4. The van der Waals surface area contributed by atoms with E-state index in [9.17, 15) is 9.59 Å². The molecule has 3 rings (SSSR count). The largest absolute Gasteiger partial charge is 0.326 e. The Morgan fingerprint density at radius 1 is 1.18 bits per heavy atom. The van der Waals surface area contributed by atoms with Crippen molar-refractivity contribution in [3.63, 3.8) is 0 Å². The maximum absolute atomic E-state index is 13.0. The van der Waals surface area contributed by atoms with Crippen LogP contribution in [0.15, 0.2) is 47.3 Å². The SMILES string of the molecule is NCc1cc(Cl)cc(C(=O)NN)c1NC(=O)c1ccc(Br)n1-c1ncccn1. The van der Waals surface area contributed by atoms with Gasteiger partial charge in [0.25, 0.3) is 11.8 Å². The third kappa shape index (κ3) is 3.90. The molecule has 0 bridgehead atoms. The fourth-order valence-corrected chi connectivity index (χ4v) is 3.33. The number of hydrazine groups is 1. The molecule has 2 amide bonds. The zero-order valence-corrected chi connectivity index (χ0v) is 16.7. The zero-order valence-electron chi connectivity index (χ0n) is 14.3. The summed E-state index contributed by atoms with van der Waals surface area (Å²) in [6, 6.07) is 7.91. The summed E-state index contributed by atoms with van der Waals surface area (Å²) < 4.78 is 2.11. The molecule has 0 aliphatic heterocycles. The third-order valence-corrected chi connectivity index (χ3v) is 4.67. The second-order valence-corrected chi connectivity index (χ2v) is 6.79. The maximum atomic E-state index is 13.0. The van der Waals surface area contributed by atoms with E-state index in [-0.39, 0.29) is 23.5 Å². The first-order valence-electron chi connectivity index (χ1n) is 7.95. The summed E-state index contributed by atoms with van der Waals surface area (Å²) in [5, 5.41) is 3.01. The van der Waals surface area contributed by atoms with Crippen LogP contribution in [0.5, 0.6) is 0 Å². The zero-order chi connectivity index (χ0) is 20.3. The molecule has 2 aromatic heterocycles. The molecule has 11 heteroatoms. The summed E-state index contributed by atoms with van der Waals surface area (Å²) >= 11 is 9.43. The molecule has 6 N–H and O–H groups in total. The molecular weight excluding hydrogens is 450 g/mol. The van der Waals surface area contributed by atoms with Gasteiger partial charge in [0.1, 0.15) is 5.69 Å². The van der Waals surface area contributed by atoms with Crippen LogP contribution in [0.1, 0.15) is 26.4 Å². The van der Waals surface area contributed by atoms with Gasteiger partial charge in [0.15, 0.2) is 0 Å². The topological polar surface area (TPSA) is 141 Å². The number of benzene rings is 1. The van der Waals surface area contributed by atoms with Crippen LogP contribution < -0.4 is 22.3 Å². The van der Waals surface area contributed by atoms with Crippen molar-refractivity contribution in [3.05, 3.63) is 69.2 Å². The van der Waals surface area contributed by atoms with Crippen molar-refractivity contribution >= 4 is 45.0 Å². The number of halogens is 2. The summed E-state index contributed by atoms with van der Waals surface area (Å²) in [6.07, 6.45) is 3.12. The van der Waals surface area contributed by atoms with Gasteiger partial charge in [-0.2, -0.15) is 0 Å². The maximum Gasteiger partial charge on any atom is 0.272 e. The molecule has 144 valence electrons. The van der Waals surface area contributed by atoms with Gasteiger partial charge in [0.2, 0.25) is 5.95 Å².